The van der Waals surface area contributed by atoms with Crippen LogP contribution >= 0.6 is 0 Å². The molecule has 1 fully saturated rings. The Morgan fingerprint density at radius 3 is 2.50 bits per heavy atom. The van der Waals surface area contributed by atoms with Crippen molar-refractivity contribution in [3.8, 4) is 5.75 Å². The maximum atomic E-state index is 5.76. The third-order valence-electron chi connectivity index (χ3n) is 4.88. The second-order valence-corrected chi connectivity index (χ2v) is 7.69. The fraction of sp³-hybridized carbons (Fsp3) is 0.522. The Kier molecular flexibility index (Phi) is 8.27. The summed E-state index contributed by atoms with van der Waals surface area (Å²) in [5, 5.41) is 0. The Morgan fingerprint density at radius 2 is 1.82 bits per heavy atom. The zero-order valence-electron chi connectivity index (χ0n) is 17.2. The van der Waals surface area contributed by atoms with Gasteiger partial charge in [-0.2, -0.15) is 0 Å². The molecule has 0 amide bonds. The highest BCUT2D eigenvalue weighted by Gasteiger charge is 2.12. The molecule has 2 heterocycles. The first kappa shape index (κ1) is 20.8. The molecule has 0 saturated carbocycles. The van der Waals surface area contributed by atoms with E-state index in [0.29, 0.717) is 0 Å². The molecule has 0 radical (unpaired) electrons. The van der Waals surface area contributed by atoms with Gasteiger partial charge in [-0.15, -0.1) is 0 Å². The number of nitrogens with zero attached hydrogens (tertiary/aromatic N) is 3. The van der Waals surface area contributed by atoms with Gasteiger partial charge in [0.05, 0.1) is 19.3 Å². The Labute approximate surface area is 169 Å². The van der Waals surface area contributed by atoms with Gasteiger partial charge >= 0.3 is 0 Å². The first-order valence-corrected chi connectivity index (χ1v) is 10.4. The van der Waals surface area contributed by atoms with E-state index in [4.69, 9.17) is 9.47 Å². The highest BCUT2D eigenvalue weighted by Crippen LogP contribution is 2.16. The van der Waals surface area contributed by atoms with Crippen molar-refractivity contribution in [2.75, 3.05) is 39.4 Å². The molecular weight excluding hydrogens is 350 g/mol. The van der Waals surface area contributed by atoms with E-state index in [-0.39, 0.29) is 6.10 Å². The number of pyridine rings is 1. The average molecular weight is 384 g/mol. The van der Waals surface area contributed by atoms with E-state index in [1.54, 1.807) is 0 Å². The smallest absolute Gasteiger partial charge is 0.119 e. The van der Waals surface area contributed by atoms with E-state index in [0.717, 1.165) is 64.7 Å². The van der Waals surface area contributed by atoms with Crippen molar-refractivity contribution in [3.05, 3.63) is 59.9 Å². The molecule has 5 nitrogen and oxygen atoms in total. The molecular formula is C23H33N3O2. The molecule has 28 heavy (non-hydrogen) atoms. The number of aromatic nitrogens is 1. The first-order valence-electron chi connectivity index (χ1n) is 10.4. The molecule has 0 atom stereocenters. The molecule has 0 bridgehead atoms. The van der Waals surface area contributed by atoms with Gasteiger partial charge in [-0.3, -0.25) is 14.8 Å². The monoisotopic (exact) mass is 383 g/mol. The third-order valence-corrected chi connectivity index (χ3v) is 4.88. The van der Waals surface area contributed by atoms with Gasteiger partial charge in [0.2, 0.25) is 0 Å². The van der Waals surface area contributed by atoms with E-state index in [9.17, 15) is 0 Å². The van der Waals surface area contributed by atoms with Crippen LogP contribution in [0.5, 0.6) is 5.75 Å². The molecule has 1 saturated heterocycles. The van der Waals surface area contributed by atoms with Crippen molar-refractivity contribution in [2.45, 2.75) is 39.5 Å². The zero-order chi connectivity index (χ0) is 19.6. The van der Waals surface area contributed by atoms with Gasteiger partial charge in [0.1, 0.15) is 5.75 Å². The summed E-state index contributed by atoms with van der Waals surface area (Å²) < 4.78 is 11.2. The Hall–Kier alpha value is -1.95. The lowest BCUT2D eigenvalue weighted by Crippen LogP contribution is -2.38. The third kappa shape index (κ3) is 7.23. The average Bonchev–Trinajstić information content (AvgIpc) is 2.70. The number of morpholine rings is 1. The SMILES string of the molecule is CC(C)Oc1ccc(CN(CCCN2CCOCC2)Cc2cccnc2)cc1. The highest BCUT2D eigenvalue weighted by molar-refractivity contribution is 5.27. The summed E-state index contributed by atoms with van der Waals surface area (Å²) in [6, 6.07) is 12.7. The van der Waals surface area contributed by atoms with Crippen molar-refractivity contribution in [2.24, 2.45) is 0 Å². The predicted molar refractivity (Wildman–Crippen MR) is 112 cm³/mol. The quantitative estimate of drug-likeness (QED) is 0.627. The van der Waals surface area contributed by atoms with Gasteiger partial charge < -0.3 is 9.47 Å². The Bertz CT molecular complexity index is 670. The predicted octanol–water partition coefficient (Wildman–Crippen LogP) is 3.59. The van der Waals surface area contributed by atoms with Crippen molar-refractivity contribution in [3.63, 3.8) is 0 Å². The van der Waals surface area contributed by atoms with Gasteiger partial charge in [0, 0.05) is 45.1 Å². The molecule has 0 unspecified atom stereocenters. The zero-order valence-corrected chi connectivity index (χ0v) is 17.2. The number of ether oxygens (including phenoxy) is 2. The molecule has 1 aliphatic rings. The lowest BCUT2D eigenvalue weighted by atomic mass is 10.1. The maximum absolute atomic E-state index is 5.76. The van der Waals surface area contributed by atoms with Crippen LogP contribution in [0.4, 0.5) is 0 Å². The number of rotatable bonds is 10. The summed E-state index contributed by atoms with van der Waals surface area (Å²) in [7, 11) is 0. The maximum Gasteiger partial charge on any atom is 0.119 e. The van der Waals surface area contributed by atoms with Crippen LogP contribution in [-0.2, 0) is 17.8 Å². The van der Waals surface area contributed by atoms with E-state index < -0.39 is 0 Å². The summed E-state index contributed by atoms with van der Waals surface area (Å²) in [5.74, 6) is 0.935. The standard InChI is InChI=1S/C23H33N3O2/c1-20(2)28-23-8-6-21(7-9-23)18-26(19-22-5-3-10-24-17-22)12-4-11-25-13-15-27-16-14-25/h3,5-10,17,20H,4,11-16,18-19H2,1-2H3. The van der Waals surface area contributed by atoms with Gasteiger partial charge in [-0.05, 0) is 56.1 Å². The second kappa shape index (κ2) is 11.1. The molecule has 0 N–H and O–H groups in total. The Balaban J connectivity index is 1.56. The summed E-state index contributed by atoms with van der Waals surface area (Å²) in [6.07, 6.45) is 5.16. The fourth-order valence-corrected chi connectivity index (χ4v) is 3.51. The number of hydrogen-bond donors (Lipinski definition) is 0. The molecule has 1 aliphatic heterocycles. The van der Waals surface area contributed by atoms with E-state index in [2.05, 4.69) is 59.0 Å². The van der Waals surface area contributed by atoms with Gasteiger partial charge in [0.25, 0.3) is 0 Å². The topological polar surface area (TPSA) is 37.8 Å². The van der Waals surface area contributed by atoms with Gasteiger partial charge in [-0.25, -0.2) is 0 Å². The minimum atomic E-state index is 0.202. The first-order chi connectivity index (χ1) is 13.7. The van der Waals surface area contributed by atoms with Crippen LogP contribution in [0.25, 0.3) is 0 Å². The molecule has 152 valence electrons. The largest absolute Gasteiger partial charge is 0.491 e. The Morgan fingerprint density at radius 1 is 1.07 bits per heavy atom. The van der Waals surface area contributed by atoms with Crippen molar-refractivity contribution >= 4 is 0 Å². The van der Waals surface area contributed by atoms with Crippen LogP contribution < -0.4 is 4.74 Å². The lowest BCUT2D eigenvalue weighted by Gasteiger charge is -2.28. The highest BCUT2D eigenvalue weighted by atomic mass is 16.5. The van der Waals surface area contributed by atoms with Crippen LogP contribution in [0, 0.1) is 0 Å². The lowest BCUT2D eigenvalue weighted by molar-refractivity contribution is 0.0359. The number of benzene rings is 1. The van der Waals surface area contributed by atoms with Crippen molar-refractivity contribution in [1.29, 1.82) is 0 Å². The van der Waals surface area contributed by atoms with Crippen LogP contribution in [-0.4, -0.2) is 60.3 Å². The van der Waals surface area contributed by atoms with Gasteiger partial charge in [-0.1, -0.05) is 18.2 Å². The molecule has 2 aromatic rings. The summed E-state index contributed by atoms with van der Waals surface area (Å²) in [4.78, 5) is 9.29. The molecule has 0 aliphatic carbocycles. The fourth-order valence-electron chi connectivity index (χ4n) is 3.51. The van der Waals surface area contributed by atoms with Crippen LogP contribution in [0.3, 0.4) is 0 Å². The normalized spacial score (nSPS) is 15.3. The molecule has 3 rings (SSSR count). The summed E-state index contributed by atoms with van der Waals surface area (Å²) in [5.41, 5.74) is 2.57. The van der Waals surface area contributed by atoms with E-state index in [1.165, 1.54) is 11.1 Å². The molecule has 1 aromatic carbocycles. The number of hydrogen-bond acceptors (Lipinski definition) is 5. The minimum Gasteiger partial charge on any atom is -0.491 e. The summed E-state index contributed by atoms with van der Waals surface area (Å²) >= 11 is 0. The molecule has 1 aromatic heterocycles. The van der Waals surface area contributed by atoms with Crippen molar-refractivity contribution < 1.29 is 9.47 Å². The van der Waals surface area contributed by atoms with Gasteiger partial charge in [0.15, 0.2) is 0 Å². The summed E-state index contributed by atoms with van der Waals surface area (Å²) in [6.45, 7) is 12.0. The second-order valence-electron chi connectivity index (χ2n) is 7.69. The van der Waals surface area contributed by atoms with Crippen LogP contribution in [0.15, 0.2) is 48.8 Å². The molecule has 5 heteroatoms. The van der Waals surface area contributed by atoms with E-state index in [1.807, 2.05) is 18.5 Å². The van der Waals surface area contributed by atoms with Crippen LogP contribution in [0.2, 0.25) is 0 Å². The van der Waals surface area contributed by atoms with Crippen LogP contribution in [0.1, 0.15) is 31.4 Å². The molecule has 0 spiro atoms. The van der Waals surface area contributed by atoms with Crippen molar-refractivity contribution in [1.82, 2.24) is 14.8 Å². The minimum absolute atomic E-state index is 0.202. The van der Waals surface area contributed by atoms with E-state index >= 15 is 0 Å².